The maximum Gasteiger partial charge on any atom is 0.329 e. The summed E-state index contributed by atoms with van der Waals surface area (Å²) in [5, 5.41) is 20.9. The lowest BCUT2D eigenvalue weighted by Gasteiger charge is -2.54. The minimum Gasteiger partial charge on any atom is -0.488 e. The van der Waals surface area contributed by atoms with Crippen LogP contribution in [0.25, 0.3) is 22.0 Å². The van der Waals surface area contributed by atoms with E-state index in [-0.39, 0.29) is 69.7 Å². The fourth-order valence-corrected chi connectivity index (χ4v) is 14.0. The molecule has 6 fully saturated rings. The number of aryl methyl sites for hydroxylation is 1. The van der Waals surface area contributed by atoms with E-state index in [1.54, 1.807) is 4.90 Å². The molecule has 5 aromatic rings. The number of nitrogens with zero attached hydrogens (tertiary/aromatic N) is 5. The van der Waals surface area contributed by atoms with Crippen LogP contribution in [0, 0.1) is 17.0 Å². The highest BCUT2D eigenvalue weighted by Gasteiger charge is 2.55. The minimum atomic E-state index is -1.04. The number of primary amides is 1. The van der Waals surface area contributed by atoms with Gasteiger partial charge in [-0.25, -0.2) is 13.6 Å². The number of fused-ring (bicyclic) bond motifs is 5. The normalized spacial score (nSPS) is 25.4. The molecular formula is C57H65ClF2N8O7. The zero-order chi connectivity index (χ0) is 52.4. The van der Waals surface area contributed by atoms with Crippen molar-refractivity contribution in [1.82, 2.24) is 30.2 Å². The summed E-state index contributed by atoms with van der Waals surface area (Å²) in [5.74, 6) is -2.28. The molecule has 75 heavy (non-hydrogen) atoms. The summed E-state index contributed by atoms with van der Waals surface area (Å²) in [6.45, 7) is 5.77. The molecule has 3 saturated heterocycles. The Bertz CT molecular complexity index is 3040. The van der Waals surface area contributed by atoms with Crippen LogP contribution in [-0.2, 0) is 22.2 Å². The van der Waals surface area contributed by atoms with Gasteiger partial charge in [0, 0.05) is 90.6 Å². The van der Waals surface area contributed by atoms with Gasteiger partial charge >= 0.3 is 6.03 Å². The number of amides is 5. The summed E-state index contributed by atoms with van der Waals surface area (Å²) in [6.07, 6.45) is 9.84. The van der Waals surface area contributed by atoms with E-state index >= 15 is 8.78 Å². The fraction of sp³-hybridized carbons (Fsp3) is 0.491. The zero-order valence-corrected chi connectivity index (χ0v) is 43.3. The highest BCUT2D eigenvalue weighted by atomic mass is 35.5. The van der Waals surface area contributed by atoms with Gasteiger partial charge in [-0.3, -0.25) is 29.3 Å². The molecule has 15 nitrogen and oxygen atoms in total. The molecule has 0 unspecified atom stereocenters. The predicted molar refractivity (Wildman–Crippen MR) is 280 cm³/mol. The Kier molecular flexibility index (Phi) is 13.7. The van der Waals surface area contributed by atoms with Crippen LogP contribution in [0.1, 0.15) is 123 Å². The zero-order valence-electron chi connectivity index (χ0n) is 42.6. The smallest absolute Gasteiger partial charge is 0.329 e. The van der Waals surface area contributed by atoms with Crippen LogP contribution in [-0.4, -0.2) is 113 Å². The van der Waals surface area contributed by atoms with E-state index in [1.165, 1.54) is 23.8 Å². The first kappa shape index (κ1) is 51.0. The number of anilines is 1. The Morgan fingerprint density at radius 1 is 0.933 bits per heavy atom. The Morgan fingerprint density at radius 3 is 2.33 bits per heavy atom. The Morgan fingerprint density at radius 2 is 1.65 bits per heavy atom. The number of nitrogens with one attached hydrogen (secondary N) is 2. The molecule has 4 aliphatic heterocycles. The summed E-state index contributed by atoms with van der Waals surface area (Å²) in [6, 6.07) is 19.9. The number of aliphatic hydroxyl groups is 1. The van der Waals surface area contributed by atoms with Gasteiger partial charge in [0.15, 0.2) is 17.4 Å². The second-order valence-corrected chi connectivity index (χ2v) is 22.2. The predicted octanol–water partition coefficient (Wildman–Crippen LogP) is 8.42. The number of nitrogens with two attached hydrogens (primary N) is 1. The van der Waals surface area contributed by atoms with Gasteiger partial charge in [0.1, 0.15) is 23.8 Å². The van der Waals surface area contributed by atoms with Crippen LogP contribution < -0.4 is 30.7 Å². The Hall–Kier alpha value is -6.14. The highest BCUT2D eigenvalue weighted by molar-refractivity contribution is 6.34. The van der Waals surface area contributed by atoms with E-state index in [2.05, 4.69) is 43.7 Å². The summed E-state index contributed by atoms with van der Waals surface area (Å²) in [4.78, 5) is 58.1. The summed E-state index contributed by atoms with van der Waals surface area (Å²) in [5.41, 5.74) is 7.25. The van der Waals surface area contributed by atoms with Crippen LogP contribution >= 0.6 is 11.6 Å². The van der Waals surface area contributed by atoms with Gasteiger partial charge in [0.05, 0.1) is 22.7 Å². The molecule has 4 aromatic carbocycles. The number of aromatic nitrogens is 2. The van der Waals surface area contributed by atoms with Gasteiger partial charge in [-0.05, 0) is 125 Å². The lowest BCUT2D eigenvalue weighted by Crippen LogP contribution is -2.60. The third-order valence-corrected chi connectivity index (χ3v) is 18.4. The number of hydrogen-bond donors (Lipinski definition) is 4. The molecule has 396 valence electrons. The lowest BCUT2D eigenvalue weighted by atomic mass is 9.56. The first-order valence-corrected chi connectivity index (χ1v) is 27.0. The van der Waals surface area contributed by atoms with Crippen LogP contribution in [0.3, 0.4) is 0 Å². The van der Waals surface area contributed by atoms with E-state index < -0.39 is 35.1 Å². The van der Waals surface area contributed by atoms with Gasteiger partial charge in [0.25, 0.3) is 0 Å². The number of carbonyl (C=O) groups is 4. The van der Waals surface area contributed by atoms with Crippen molar-refractivity contribution >= 4 is 52.1 Å². The highest BCUT2D eigenvalue weighted by Crippen LogP contribution is 2.59. The molecule has 1 aromatic heterocycles. The Labute approximate surface area is 440 Å². The van der Waals surface area contributed by atoms with Crippen LogP contribution in [0.4, 0.5) is 19.4 Å². The number of rotatable bonds is 14. The van der Waals surface area contributed by atoms with Crippen LogP contribution in [0.15, 0.2) is 66.7 Å². The lowest BCUT2D eigenvalue weighted by molar-refractivity contribution is -0.151. The molecule has 5 heterocycles. The largest absolute Gasteiger partial charge is 0.488 e. The monoisotopic (exact) mass is 1050 g/mol. The molecule has 5 N–H and O–H groups in total. The van der Waals surface area contributed by atoms with Crippen LogP contribution in [0.2, 0.25) is 5.02 Å². The minimum absolute atomic E-state index is 0.0320. The molecule has 18 heteroatoms. The quantitative estimate of drug-likeness (QED) is 0.0842. The molecule has 7 aliphatic rings. The maximum absolute atomic E-state index is 16.5. The second kappa shape index (κ2) is 20.1. The molecule has 3 saturated carbocycles. The van der Waals surface area contributed by atoms with Crippen molar-refractivity contribution < 1.29 is 42.5 Å². The maximum atomic E-state index is 16.5. The molecular weight excluding hydrogens is 982 g/mol. The van der Waals surface area contributed by atoms with E-state index in [0.717, 1.165) is 107 Å². The number of ether oxygens (including phenoxy) is 2. The van der Waals surface area contributed by atoms with Crippen molar-refractivity contribution in [2.75, 3.05) is 57.4 Å². The van der Waals surface area contributed by atoms with Gasteiger partial charge in [-0.2, -0.15) is 5.10 Å². The number of benzene rings is 4. The third kappa shape index (κ3) is 9.00. The molecule has 0 spiro atoms. The number of aliphatic hydroxyl groups excluding tert-OH is 1. The van der Waals surface area contributed by atoms with E-state index in [4.69, 9.17) is 26.8 Å². The van der Waals surface area contributed by atoms with E-state index in [0.29, 0.717) is 48.8 Å². The molecule has 2 bridgehead atoms. The molecule has 3 aliphatic carbocycles. The van der Waals surface area contributed by atoms with Crippen molar-refractivity contribution in [1.29, 1.82) is 0 Å². The second-order valence-electron chi connectivity index (χ2n) is 21.8. The fourth-order valence-electron chi connectivity index (χ4n) is 13.7. The summed E-state index contributed by atoms with van der Waals surface area (Å²) >= 11 is 6.76. The molecule has 2 atom stereocenters. The van der Waals surface area contributed by atoms with Crippen molar-refractivity contribution in [3.8, 4) is 22.6 Å². The van der Waals surface area contributed by atoms with Gasteiger partial charge < -0.3 is 35.4 Å². The standard InChI is InChI=1S/C57H65ClF2N8O7/c1-34-46-44(33-41(59)49(58)48(46)47-40(51(61)71)10-11-43(50(47)60)74-31-30-69)75-57(34,37-6-4-3-5-7-37)23-24-62-56-20-17-55(18-21-56,19-22-56)53(72)67-27-14-38(15-28-67)66-25-12-35(13-26-66)36-8-9-39-42(32-36)65(2)64-52(39)68-29-16-45(70)63-54(68)73/h3-11,32-35,38,62,69H,12-31H2,1-2H3,(H2,61,71)(H,63,70,73)/t34-,55?,56?,57-/m0/s1. The number of piperidine rings is 2. The topological polar surface area (TPSA) is 185 Å². The first-order valence-electron chi connectivity index (χ1n) is 26.6. The summed E-state index contributed by atoms with van der Waals surface area (Å²) < 4.78 is 46.7. The molecule has 0 radical (unpaired) electrons. The van der Waals surface area contributed by atoms with Crippen molar-refractivity contribution in [3.63, 3.8) is 0 Å². The number of imide groups is 1. The average molecular weight is 1050 g/mol. The molecule has 12 rings (SSSR count). The summed E-state index contributed by atoms with van der Waals surface area (Å²) in [7, 11) is 1.89. The van der Waals surface area contributed by atoms with Crippen molar-refractivity contribution in [2.24, 2.45) is 18.2 Å². The van der Waals surface area contributed by atoms with Crippen molar-refractivity contribution in [3.05, 3.63) is 106 Å². The number of carbonyl (C=O) groups excluding carboxylic acids is 4. The SMILES string of the molecule is C[C@H]1c2c(cc(F)c(Cl)c2-c2c(C(N)=O)ccc(OCCO)c2F)O[C@]1(CCNC12CCC(C(=O)N3CCC(N4CCC(c5ccc6c(N7CCC(=O)NC7=O)nn(C)c6c5)CC4)CC3)(CC1)CC2)c1ccccc1. The van der Waals surface area contributed by atoms with Gasteiger partial charge in [-0.15, -0.1) is 0 Å². The number of halogens is 3. The Balaban J connectivity index is 0.711. The number of hydrogen-bond acceptors (Lipinski definition) is 10. The van der Waals surface area contributed by atoms with E-state index in [1.807, 2.05) is 49.0 Å². The van der Waals surface area contributed by atoms with Crippen molar-refractivity contribution in [2.45, 2.75) is 113 Å². The first-order chi connectivity index (χ1) is 36.1. The van der Waals surface area contributed by atoms with Gasteiger partial charge in [0.2, 0.25) is 17.7 Å². The average Bonchev–Trinajstić information content (AvgIpc) is 3.90. The van der Waals surface area contributed by atoms with E-state index in [9.17, 15) is 24.3 Å². The third-order valence-electron chi connectivity index (χ3n) is 18.0. The molecule has 5 amide bonds. The number of urea groups is 1. The van der Waals surface area contributed by atoms with Gasteiger partial charge in [-0.1, -0.05) is 54.9 Å². The number of likely N-dealkylation sites (tertiary alicyclic amines) is 2. The van der Waals surface area contributed by atoms with Crippen LogP contribution in [0.5, 0.6) is 11.5 Å².